The van der Waals surface area contributed by atoms with Crippen LogP contribution in [0.2, 0.25) is 0 Å². The maximum atomic E-state index is 11.6. The topological polar surface area (TPSA) is 65.7 Å². The fourth-order valence-corrected chi connectivity index (χ4v) is 2.68. The van der Waals surface area contributed by atoms with Gasteiger partial charge in [0.25, 0.3) is 0 Å². The number of carbonyl (C=O) groups excluding carboxylic acids is 1. The Bertz CT molecular complexity index is 787. The molecule has 0 saturated carbocycles. The molecule has 2 aromatic rings. The minimum atomic E-state index is -0.756. The number of esters is 1. The van der Waals surface area contributed by atoms with Crippen molar-refractivity contribution in [1.29, 1.82) is 0 Å². The SMILES string of the molecule is CCC(=O)OC(C)(C)C1Cc2c(ccc3ccc(=O)oc23)O1. The minimum Gasteiger partial charge on any atom is -0.485 e. The lowest BCUT2D eigenvalue weighted by Crippen LogP contribution is -2.43. The highest BCUT2D eigenvalue weighted by Crippen LogP contribution is 2.38. The van der Waals surface area contributed by atoms with Gasteiger partial charge in [0.05, 0.1) is 0 Å². The van der Waals surface area contributed by atoms with Gasteiger partial charge in [-0.05, 0) is 32.0 Å². The van der Waals surface area contributed by atoms with E-state index in [1.165, 1.54) is 6.07 Å². The van der Waals surface area contributed by atoms with Crippen LogP contribution in [0, 0.1) is 0 Å². The standard InChI is InChI=1S/C17H18O5/c1-4-14(18)22-17(2,3)13-9-11-12(20-13)7-5-10-6-8-15(19)21-16(10)11/h5-8,13H,4,9H2,1-3H3. The lowest BCUT2D eigenvalue weighted by atomic mass is 9.96. The first kappa shape index (κ1) is 14.6. The maximum absolute atomic E-state index is 11.6. The van der Waals surface area contributed by atoms with Crippen LogP contribution in [0.1, 0.15) is 32.8 Å². The van der Waals surface area contributed by atoms with Crippen molar-refractivity contribution in [3.05, 3.63) is 40.2 Å². The van der Waals surface area contributed by atoms with Gasteiger partial charge < -0.3 is 13.9 Å². The number of fused-ring (bicyclic) bond motifs is 3. The Kier molecular flexibility index (Phi) is 3.43. The molecule has 1 aliphatic rings. The van der Waals surface area contributed by atoms with Crippen molar-refractivity contribution in [3.63, 3.8) is 0 Å². The van der Waals surface area contributed by atoms with Crippen LogP contribution in [-0.2, 0) is 16.0 Å². The molecule has 0 N–H and O–H groups in total. The number of hydrogen-bond acceptors (Lipinski definition) is 5. The summed E-state index contributed by atoms with van der Waals surface area (Å²) in [6.45, 7) is 5.41. The minimum absolute atomic E-state index is 0.263. The molecule has 1 aromatic carbocycles. The first-order chi connectivity index (χ1) is 10.4. The summed E-state index contributed by atoms with van der Waals surface area (Å²) in [5.74, 6) is 0.411. The monoisotopic (exact) mass is 302 g/mol. The average molecular weight is 302 g/mol. The molecule has 0 saturated heterocycles. The Morgan fingerprint density at radius 2 is 2.05 bits per heavy atom. The van der Waals surface area contributed by atoms with Crippen LogP contribution in [0.5, 0.6) is 5.75 Å². The predicted octanol–water partition coefficient (Wildman–Crippen LogP) is 2.83. The van der Waals surface area contributed by atoms with E-state index < -0.39 is 5.60 Å². The smallest absolute Gasteiger partial charge is 0.336 e. The van der Waals surface area contributed by atoms with E-state index in [1.807, 2.05) is 26.0 Å². The van der Waals surface area contributed by atoms with Crippen LogP contribution < -0.4 is 10.4 Å². The largest absolute Gasteiger partial charge is 0.485 e. The molecule has 5 heteroatoms. The van der Waals surface area contributed by atoms with Gasteiger partial charge in [-0.25, -0.2) is 4.79 Å². The third-order valence-electron chi connectivity index (χ3n) is 3.95. The van der Waals surface area contributed by atoms with Crippen LogP contribution in [-0.4, -0.2) is 17.7 Å². The summed E-state index contributed by atoms with van der Waals surface area (Å²) in [4.78, 5) is 23.0. The van der Waals surface area contributed by atoms with E-state index in [4.69, 9.17) is 13.9 Å². The Morgan fingerprint density at radius 3 is 2.77 bits per heavy atom. The summed E-state index contributed by atoms with van der Waals surface area (Å²) < 4.78 is 16.7. The molecule has 0 spiro atoms. The Morgan fingerprint density at radius 1 is 1.32 bits per heavy atom. The van der Waals surface area contributed by atoms with Gasteiger partial charge in [-0.2, -0.15) is 0 Å². The lowest BCUT2D eigenvalue weighted by Gasteiger charge is -2.30. The van der Waals surface area contributed by atoms with E-state index in [1.54, 1.807) is 13.0 Å². The number of rotatable bonds is 3. The summed E-state index contributed by atoms with van der Waals surface area (Å²) in [5.41, 5.74) is 0.250. The molecule has 0 bridgehead atoms. The first-order valence-electron chi connectivity index (χ1n) is 7.35. The van der Waals surface area contributed by atoms with Crippen LogP contribution in [0.4, 0.5) is 0 Å². The first-order valence-corrected chi connectivity index (χ1v) is 7.35. The zero-order valence-corrected chi connectivity index (χ0v) is 12.8. The Balaban J connectivity index is 1.95. The zero-order valence-electron chi connectivity index (χ0n) is 12.8. The summed E-state index contributed by atoms with van der Waals surface area (Å²) >= 11 is 0. The van der Waals surface area contributed by atoms with Crippen molar-refractivity contribution in [3.8, 4) is 5.75 Å². The molecular weight excluding hydrogens is 284 g/mol. The zero-order chi connectivity index (χ0) is 15.9. The van der Waals surface area contributed by atoms with E-state index in [9.17, 15) is 9.59 Å². The second kappa shape index (κ2) is 5.16. The molecule has 0 amide bonds. The van der Waals surface area contributed by atoms with Gasteiger partial charge in [-0.1, -0.05) is 6.92 Å². The van der Waals surface area contributed by atoms with Crippen LogP contribution >= 0.6 is 0 Å². The molecule has 1 aliphatic heterocycles. The fraction of sp³-hybridized carbons (Fsp3) is 0.412. The highest BCUT2D eigenvalue weighted by Gasteiger charge is 2.40. The van der Waals surface area contributed by atoms with E-state index in [0.717, 1.165) is 10.9 Å². The molecule has 116 valence electrons. The number of ether oxygens (including phenoxy) is 2. The molecule has 1 unspecified atom stereocenters. The molecule has 1 atom stereocenters. The third-order valence-corrected chi connectivity index (χ3v) is 3.95. The quantitative estimate of drug-likeness (QED) is 0.644. The predicted molar refractivity (Wildman–Crippen MR) is 81.1 cm³/mol. The van der Waals surface area contributed by atoms with E-state index in [0.29, 0.717) is 24.2 Å². The lowest BCUT2D eigenvalue weighted by molar-refractivity contribution is -0.164. The highest BCUT2D eigenvalue weighted by molar-refractivity contribution is 5.82. The van der Waals surface area contributed by atoms with E-state index in [2.05, 4.69) is 0 Å². The molecule has 3 rings (SSSR count). The summed E-state index contributed by atoms with van der Waals surface area (Å²) in [6.07, 6.45) is 0.541. The average Bonchev–Trinajstić information content (AvgIpc) is 2.92. The van der Waals surface area contributed by atoms with Crippen molar-refractivity contribution in [2.75, 3.05) is 0 Å². The van der Waals surface area contributed by atoms with Gasteiger partial charge in [-0.3, -0.25) is 4.79 Å². The second-order valence-electron chi connectivity index (χ2n) is 5.96. The Hall–Kier alpha value is -2.30. The number of hydrogen-bond donors (Lipinski definition) is 0. The van der Waals surface area contributed by atoms with Gasteiger partial charge in [0, 0.05) is 29.9 Å². The van der Waals surface area contributed by atoms with Crippen molar-refractivity contribution >= 4 is 16.9 Å². The number of benzene rings is 1. The van der Waals surface area contributed by atoms with Gasteiger partial charge in [0.2, 0.25) is 0 Å². The molecule has 0 radical (unpaired) electrons. The Labute approximate surface area is 127 Å². The van der Waals surface area contributed by atoms with Gasteiger partial charge in [-0.15, -0.1) is 0 Å². The third kappa shape index (κ3) is 2.47. The molecule has 22 heavy (non-hydrogen) atoms. The molecule has 1 aromatic heterocycles. The van der Waals surface area contributed by atoms with Crippen LogP contribution in [0.25, 0.3) is 11.0 Å². The number of carbonyl (C=O) groups is 1. The molecule has 2 heterocycles. The van der Waals surface area contributed by atoms with Gasteiger partial charge in [0.1, 0.15) is 23.0 Å². The summed E-state index contributed by atoms with van der Waals surface area (Å²) in [5, 5.41) is 0.853. The normalized spacial score (nSPS) is 17.1. The van der Waals surface area contributed by atoms with Gasteiger partial charge >= 0.3 is 11.6 Å². The summed E-state index contributed by atoms with van der Waals surface area (Å²) in [6, 6.07) is 6.84. The van der Waals surface area contributed by atoms with Crippen molar-refractivity contribution < 1.29 is 18.7 Å². The maximum Gasteiger partial charge on any atom is 0.336 e. The van der Waals surface area contributed by atoms with Crippen molar-refractivity contribution in [2.45, 2.75) is 45.3 Å². The molecule has 5 nitrogen and oxygen atoms in total. The van der Waals surface area contributed by atoms with Crippen LogP contribution in [0.15, 0.2) is 33.5 Å². The highest BCUT2D eigenvalue weighted by atomic mass is 16.6. The van der Waals surface area contributed by atoms with Crippen LogP contribution in [0.3, 0.4) is 0 Å². The summed E-state index contributed by atoms with van der Waals surface area (Å²) in [7, 11) is 0. The molecule has 0 aliphatic carbocycles. The van der Waals surface area contributed by atoms with E-state index in [-0.39, 0.29) is 17.7 Å². The second-order valence-corrected chi connectivity index (χ2v) is 5.96. The van der Waals surface area contributed by atoms with Crippen molar-refractivity contribution in [1.82, 2.24) is 0 Å². The van der Waals surface area contributed by atoms with E-state index >= 15 is 0 Å². The fourth-order valence-electron chi connectivity index (χ4n) is 2.68. The van der Waals surface area contributed by atoms with Gasteiger partial charge in [0.15, 0.2) is 0 Å². The molecule has 0 fully saturated rings. The van der Waals surface area contributed by atoms with Crippen molar-refractivity contribution in [2.24, 2.45) is 0 Å². The molecular formula is C17H18O5.